The molecule has 1 rings (SSSR count). The quantitative estimate of drug-likeness (QED) is 0.562. The molecule has 0 aromatic carbocycles. The van der Waals surface area contributed by atoms with Gasteiger partial charge in [-0.15, -0.1) is 6.42 Å². The molecule has 1 heterocycles. The third kappa shape index (κ3) is 1.53. The molecule has 11 heavy (non-hydrogen) atoms. The summed E-state index contributed by atoms with van der Waals surface area (Å²) in [7, 11) is 0. The van der Waals surface area contributed by atoms with E-state index in [0.717, 1.165) is 0 Å². The second-order valence-corrected chi connectivity index (χ2v) is 1.88. The molecule has 0 aliphatic carbocycles. The lowest BCUT2D eigenvalue weighted by Gasteiger charge is -1.99. The molecule has 0 saturated heterocycles. The van der Waals surface area contributed by atoms with Crippen LogP contribution >= 0.6 is 0 Å². The van der Waals surface area contributed by atoms with Gasteiger partial charge in [-0.05, 0) is 12.1 Å². The van der Waals surface area contributed by atoms with Crippen LogP contribution < -0.4 is 0 Å². The Hall–Kier alpha value is -1.43. The van der Waals surface area contributed by atoms with Crippen molar-refractivity contribution >= 4 is 0 Å². The molecule has 0 amide bonds. The van der Waals surface area contributed by atoms with Gasteiger partial charge in [0.1, 0.15) is 5.69 Å². The molecular formula is C8H5F2N. The van der Waals surface area contributed by atoms with E-state index < -0.39 is 6.43 Å². The fourth-order valence-electron chi connectivity index (χ4n) is 0.713. The summed E-state index contributed by atoms with van der Waals surface area (Å²) in [5.41, 5.74) is -0.169. The molecule has 3 heteroatoms. The number of hydrogen-bond acceptors (Lipinski definition) is 1. The van der Waals surface area contributed by atoms with Crippen molar-refractivity contribution in [1.29, 1.82) is 0 Å². The SMILES string of the molecule is C#Cc1cccnc1C(F)F. The third-order valence-corrected chi connectivity index (χ3v) is 1.20. The molecule has 0 aliphatic rings. The molecule has 0 atom stereocenters. The zero-order valence-corrected chi connectivity index (χ0v) is 5.59. The summed E-state index contributed by atoms with van der Waals surface area (Å²) in [6.07, 6.45) is 3.66. The van der Waals surface area contributed by atoms with Crippen LogP contribution in [0.25, 0.3) is 0 Å². The molecule has 0 bridgehead atoms. The Bertz CT molecular complexity index is 288. The van der Waals surface area contributed by atoms with Gasteiger partial charge in [0.05, 0.1) is 5.56 Å². The number of aromatic nitrogens is 1. The van der Waals surface area contributed by atoms with Crippen LogP contribution in [0.15, 0.2) is 18.3 Å². The van der Waals surface area contributed by atoms with Crippen molar-refractivity contribution in [3.8, 4) is 12.3 Å². The van der Waals surface area contributed by atoms with E-state index >= 15 is 0 Å². The number of halogens is 2. The van der Waals surface area contributed by atoms with Gasteiger partial charge in [0, 0.05) is 6.20 Å². The maximum Gasteiger partial charge on any atom is 0.281 e. The molecule has 0 aliphatic heterocycles. The van der Waals surface area contributed by atoms with Crippen LogP contribution in [0.5, 0.6) is 0 Å². The predicted molar refractivity (Wildman–Crippen MR) is 37.1 cm³/mol. The van der Waals surface area contributed by atoms with E-state index in [1.165, 1.54) is 18.3 Å². The summed E-state index contributed by atoms with van der Waals surface area (Å²) >= 11 is 0. The number of alkyl halides is 2. The largest absolute Gasteiger partial charge is 0.281 e. The molecule has 0 spiro atoms. The van der Waals surface area contributed by atoms with Gasteiger partial charge in [0.2, 0.25) is 0 Å². The first-order chi connectivity index (χ1) is 5.25. The number of terminal acetylenes is 1. The average Bonchev–Trinajstić information content (AvgIpc) is 2.04. The molecule has 0 N–H and O–H groups in total. The highest BCUT2D eigenvalue weighted by atomic mass is 19.3. The van der Waals surface area contributed by atoms with Crippen molar-refractivity contribution in [2.45, 2.75) is 6.43 Å². The molecule has 1 aromatic rings. The normalized spacial score (nSPS) is 9.64. The molecule has 1 nitrogen and oxygen atoms in total. The Kier molecular flexibility index (Phi) is 2.17. The van der Waals surface area contributed by atoms with Gasteiger partial charge in [0.15, 0.2) is 0 Å². The zero-order valence-electron chi connectivity index (χ0n) is 5.59. The van der Waals surface area contributed by atoms with Gasteiger partial charge in [-0.25, -0.2) is 8.78 Å². The first kappa shape index (κ1) is 7.67. The van der Waals surface area contributed by atoms with Crippen molar-refractivity contribution in [2.75, 3.05) is 0 Å². The van der Waals surface area contributed by atoms with Crippen LogP contribution in [0.1, 0.15) is 17.7 Å². The standard InChI is InChI=1S/C8H5F2N/c1-2-6-4-3-5-11-7(6)8(9)10/h1,3-5,8H. The second-order valence-electron chi connectivity index (χ2n) is 1.88. The molecule has 0 fully saturated rings. The van der Waals surface area contributed by atoms with Crippen LogP contribution in [0.3, 0.4) is 0 Å². The minimum Gasteiger partial charge on any atom is -0.254 e. The minimum atomic E-state index is -2.60. The lowest BCUT2D eigenvalue weighted by molar-refractivity contribution is 0.146. The van der Waals surface area contributed by atoms with Crippen molar-refractivity contribution in [1.82, 2.24) is 4.98 Å². The zero-order chi connectivity index (χ0) is 8.27. The lowest BCUT2D eigenvalue weighted by Crippen LogP contribution is -1.93. The molecular weight excluding hydrogens is 148 g/mol. The number of hydrogen-bond donors (Lipinski definition) is 0. The maximum absolute atomic E-state index is 12.1. The van der Waals surface area contributed by atoms with Crippen molar-refractivity contribution < 1.29 is 8.78 Å². The second kappa shape index (κ2) is 3.11. The number of pyridine rings is 1. The fraction of sp³-hybridized carbons (Fsp3) is 0.125. The van der Waals surface area contributed by atoms with Crippen molar-refractivity contribution in [2.24, 2.45) is 0 Å². The highest BCUT2D eigenvalue weighted by Gasteiger charge is 2.11. The van der Waals surface area contributed by atoms with Crippen LogP contribution in [0.2, 0.25) is 0 Å². The van der Waals surface area contributed by atoms with E-state index in [9.17, 15) is 8.78 Å². The van der Waals surface area contributed by atoms with E-state index in [-0.39, 0.29) is 11.3 Å². The van der Waals surface area contributed by atoms with E-state index in [0.29, 0.717) is 0 Å². The Morgan fingerprint density at radius 3 is 2.73 bits per heavy atom. The average molecular weight is 153 g/mol. The summed E-state index contributed by atoms with van der Waals surface area (Å²) in [5.74, 6) is 2.13. The Labute approximate surface area is 63.1 Å². The molecule has 0 unspecified atom stereocenters. The Morgan fingerprint density at radius 1 is 1.55 bits per heavy atom. The van der Waals surface area contributed by atoms with Gasteiger partial charge in [-0.2, -0.15) is 0 Å². The highest BCUT2D eigenvalue weighted by Crippen LogP contribution is 2.18. The maximum atomic E-state index is 12.1. The molecule has 0 saturated carbocycles. The van der Waals surface area contributed by atoms with Gasteiger partial charge < -0.3 is 0 Å². The number of nitrogens with zero attached hydrogens (tertiary/aromatic N) is 1. The summed E-state index contributed by atoms with van der Waals surface area (Å²) < 4.78 is 24.1. The van der Waals surface area contributed by atoms with Gasteiger partial charge >= 0.3 is 0 Å². The summed E-state index contributed by atoms with van der Waals surface area (Å²) in [4.78, 5) is 3.46. The summed E-state index contributed by atoms with van der Waals surface area (Å²) in [6.45, 7) is 0. The first-order valence-electron chi connectivity index (χ1n) is 2.95. The smallest absolute Gasteiger partial charge is 0.254 e. The van der Waals surface area contributed by atoms with Gasteiger partial charge in [0.25, 0.3) is 6.43 Å². The Balaban J connectivity index is 3.15. The summed E-state index contributed by atoms with van der Waals surface area (Å²) in [6, 6.07) is 2.97. The molecule has 1 aromatic heterocycles. The van der Waals surface area contributed by atoms with Crippen molar-refractivity contribution in [3.63, 3.8) is 0 Å². The van der Waals surface area contributed by atoms with Crippen molar-refractivity contribution in [3.05, 3.63) is 29.6 Å². The van der Waals surface area contributed by atoms with E-state index in [2.05, 4.69) is 10.9 Å². The monoisotopic (exact) mass is 153 g/mol. The minimum absolute atomic E-state index is 0.155. The van der Waals surface area contributed by atoms with Gasteiger partial charge in [-0.3, -0.25) is 4.98 Å². The fourth-order valence-corrected chi connectivity index (χ4v) is 0.713. The summed E-state index contributed by atoms with van der Waals surface area (Å²) in [5, 5.41) is 0. The van der Waals surface area contributed by atoms with Crippen LogP contribution in [-0.4, -0.2) is 4.98 Å². The van der Waals surface area contributed by atoms with E-state index in [4.69, 9.17) is 6.42 Å². The topological polar surface area (TPSA) is 12.9 Å². The molecule has 56 valence electrons. The van der Waals surface area contributed by atoms with Gasteiger partial charge in [-0.1, -0.05) is 5.92 Å². The van der Waals surface area contributed by atoms with Crippen LogP contribution in [0, 0.1) is 12.3 Å². The van der Waals surface area contributed by atoms with Crippen LogP contribution in [0.4, 0.5) is 8.78 Å². The number of rotatable bonds is 1. The lowest BCUT2D eigenvalue weighted by atomic mass is 10.2. The predicted octanol–water partition coefficient (Wildman–Crippen LogP) is 2.00. The Morgan fingerprint density at radius 2 is 2.27 bits per heavy atom. The first-order valence-corrected chi connectivity index (χ1v) is 2.95. The highest BCUT2D eigenvalue weighted by molar-refractivity contribution is 5.35. The van der Waals surface area contributed by atoms with E-state index in [1.54, 1.807) is 0 Å². The van der Waals surface area contributed by atoms with E-state index in [1.807, 2.05) is 0 Å². The molecule has 0 radical (unpaired) electrons. The van der Waals surface area contributed by atoms with Crippen LogP contribution in [-0.2, 0) is 0 Å². The third-order valence-electron chi connectivity index (χ3n) is 1.20.